The second kappa shape index (κ2) is 8.91. The summed E-state index contributed by atoms with van der Waals surface area (Å²) in [5.41, 5.74) is -0.0474. The van der Waals surface area contributed by atoms with E-state index >= 15 is 0 Å². The number of nitrogens with one attached hydrogen (secondary N) is 1. The molecule has 2 fully saturated rings. The van der Waals surface area contributed by atoms with Gasteiger partial charge in [-0.25, -0.2) is 4.68 Å². The molecule has 11 nitrogen and oxygen atoms in total. The van der Waals surface area contributed by atoms with Gasteiger partial charge in [-0.1, -0.05) is 26.0 Å². The number of rotatable bonds is 5. The zero-order valence-corrected chi connectivity index (χ0v) is 18.5. The maximum atomic E-state index is 13.5. The van der Waals surface area contributed by atoms with Crippen LogP contribution in [0.4, 0.5) is 0 Å². The van der Waals surface area contributed by atoms with Gasteiger partial charge < -0.3 is 25.3 Å². The molecule has 2 saturated heterocycles. The summed E-state index contributed by atoms with van der Waals surface area (Å²) in [5, 5.41) is 30.8. The monoisotopic (exact) mass is 436 g/mol. The molecule has 2 aliphatic heterocycles. The number of piperidine rings is 1. The summed E-state index contributed by atoms with van der Waals surface area (Å²) in [4.78, 5) is 40.8. The Bertz CT molecular complexity index is 834. The predicted octanol–water partition coefficient (Wildman–Crippen LogP) is -0.944. The summed E-state index contributed by atoms with van der Waals surface area (Å²) >= 11 is 0. The lowest BCUT2D eigenvalue weighted by Crippen LogP contribution is -2.49. The highest BCUT2D eigenvalue weighted by atomic mass is 16.3. The van der Waals surface area contributed by atoms with E-state index in [1.54, 1.807) is 6.20 Å². The largest absolute Gasteiger partial charge is 0.391 e. The van der Waals surface area contributed by atoms with Crippen molar-refractivity contribution in [2.45, 2.75) is 70.9 Å². The van der Waals surface area contributed by atoms with Gasteiger partial charge in [0.1, 0.15) is 17.8 Å². The third kappa shape index (κ3) is 5.04. The van der Waals surface area contributed by atoms with E-state index < -0.39 is 29.7 Å². The first-order valence-corrected chi connectivity index (χ1v) is 10.6. The summed E-state index contributed by atoms with van der Waals surface area (Å²) in [5.74, 6) is -0.694. The Balaban J connectivity index is 1.83. The summed E-state index contributed by atoms with van der Waals surface area (Å²) in [7, 11) is 1.50. The highest BCUT2D eigenvalue weighted by molar-refractivity contribution is 5.90. The lowest BCUT2D eigenvalue weighted by molar-refractivity contribution is -0.144. The number of amides is 3. The van der Waals surface area contributed by atoms with Crippen molar-refractivity contribution in [3.63, 3.8) is 0 Å². The molecule has 31 heavy (non-hydrogen) atoms. The van der Waals surface area contributed by atoms with E-state index in [9.17, 15) is 24.6 Å². The summed E-state index contributed by atoms with van der Waals surface area (Å²) in [6.07, 6.45) is 1.23. The van der Waals surface area contributed by atoms with Crippen LogP contribution in [-0.2, 0) is 20.9 Å². The average Bonchev–Trinajstić information content (AvgIpc) is 3.29. The smallest absolute Gasteiger partial charge is 0.248 e. The summed E-state index contributed by atoms with van der Waals surface area (Å²) in [6, 6.07) is -1.50. The van der Waals surface area contributed by atoms with Gasteiger partial charge in [0.15, 0.2) is 0 Å². The van der Waals surface area contributed by atoms with Crippen LogP contribution in [0.5, 0.6) is 0 Å². The molecule has 3 heterocycles. The molecule has 0 spiro atoms. The van der Waals surface area contributed by atoms with Crippen LogP contribution in [-0.4, -0.2) is 91.1 Å². The summed E-state index contributed by atoms with van der Waals surface area (Å²) < 4.78 is 1.47. The second-order valence-corrected chi connectivity index (χ2v) is 9.44. The van der Waals surface area contributed by atoms with Crippen molar-refractivity contribution in [2.24, 2.45) is 5.41 Å². The molecule has 3 rings (SSSR count). The molecule has 3 N–H and O–H groups in total. The number of aliphatic hydroxyl groups is 2. The molecule has 0 radical (unpaired) electrons. The zero-order chi connectivity index (χ0) is 22.9. The number of β-amino-alcohol motifs (C(OH)–C–C–N with tert-alkyl or cyclic N) is 2. The fourth-order valence-electron chi connectivity index (χ4n) is 4.27. The highest BCUT2D eigenvalue weighted by Gasteiger charge is 2.45. The van der Waals surface area contributed by atoms with Crippen LogP contribution < -0.4 is 5.32 Å². The number of carbonyl (C=O) groups excluding carboxylic acids is 3. The molecule has 4 atom stereocenters. The Morgan fingerprint density at radius 3 is 2.61 bits per heavy atom. The molecule has 3 unspecified atom stereocenters. The van der Waals surface area contributed by atoms with Crippen LogP contribution in [0, 0.1) is 5.41 Å². The van der Waals surface area contributed by atoms with Gasteiger partial charge in [0.05, 0.1) is 24.9 Å². The molecule has 0 aliphatic carbocycles. The van der Waals surface area contributed by atoms with Crippen LogP contribution >= 0.6 is 0 Å². The van der Waals surface area contributed by atoms with Gasteiger partial charge in [-0.05, 0) is 11.8 Å². The fraction of sp³-hybridized carbons (Fsp3) is 0.750. The van der Waals surface area contributed by atoms with Crippen molar-refractivity contribution < 1.29 is 24.6 Å². The fourth-order valence-corrected chi connectivity index (χ4v) is 4.27. The Kier molecular flexibility index (Phi) is 6.65. The highest BCUT2D eigenvalue weighted by Crippen LogP contribution is 2.34. The first kappa shape index (κ1) is 23.1. The van der Waals surface area contributed by atoms with Gasteiger partial charge in [0, 0.05) is 33.0 Å². The quantitative estimate of drug-likeness (QED) is 0.541. The molecule has 3 amide bonds. The zero-order valence-electron chi connectivity index (χ0n) is 18.5. The van der Waals surface area contributed by atoms with Gasteiger partial charge in [0.2, 0.25) is 17.7 Å². The number of likely N-dealkylation sites (N-methyl/N-ethyl adjacent to an activating group) is 1. The Labute approximate surface area is 181 Å². The van der Waals surface area contributed by atoms with Crippen molar-refractivity contribution in [1.29, 1.82) is 0 Å². The number of hydrogen-bond donors (Lipinski definition) is 3. The lowest BCUT2D eigenvalue weighted by Gasteiger charge is -2.34. The minimum Gasteiger partial charge on any atom is -0.391 e. The van der Waals surface area contributed by atoms with Crippen LogP contribution in [0.25, 0.3) is 0 Å². The molecule has 1 aromatic heterocycles. The third-order valence-electron chi connectivity index (χ3n) is 5.82. The average molecular weight is 437 g/mol. The van der Waals surface area contributed by atoms with Crippen molar-refractivity contribution in [1.82, 2.24) is 30.1 Å². The van der Waals surface area contributed by atoms with E-state index in [1.165, 1.54) is 21.5 Å². The number of carbonyl (C=O) groups is 3. The number of likely N-dealkylation sites (tertiary alicyclic amines) is 2. The van der Waals surface area contributed by atoms with Gasteiger partial charge in [-0.15, -0.1) is 5.10 Å². The Hall–Kier alpha value is -2.53. The van der Waals surface area contributed by atoms with Crippen molar-refractivity contribution in [2.75, 3.05) is 20.1 Å². The standard InChI is InChI=1S/C20H32N6O5/c1-20(2,3)17(19(31)25-11-14(28)7-15(25)18(30)21-4)26-9-12(22-23-26)8-24-10-13(27)5-6-16(24)29/h9,13-15,17,27-28H,5-8,10-11H2,1-4H3,(H,21,30)/t13?,14?,15?,17-/m1/s1. The van der Waals surface area contributed by atoms with E-state index in [4.69, 9.17) is 0 Å². The molecule has 0 aromatic carbocycles. The van der Waals surface area contributed by atoms with Gasteiger partial charge in [-0.2, -0.15) is 0 Å². The molecule has 0 saturated carbocycles. The second-order valence-electron chi connectivity index (χ2n) is 9.44. The molecule has 172 valence electrons. The Morgan fingerprint density at radius 1 is 1.26 bits per heavy atom. The van der Waals surface area contributed by atoms with Crippen molar-refractivity contribution in [3.8, 4) is 0 Å². The number of aromatic nitrogens is 3. The van der Waals surface area contributed by atoms with E-state index in [0.29, 0.717) is 12.1 Å². The van der Waals surface area contributed by atoms with Gasteiger partial charge in [-0.3, -0.25) is 14.4 Å². The number of aliphatic hydroxyl groups excluding tert-OH is 2. The first-order valence-electron chi connectivity index (χ1n) is 10.6. The lowest BCUT2D eigenvalue weighted by atomic mass is 9.85. The van der Waals surface area contributed by atoms with Crippen LogP contribution in [0.1, 0.15) is 51.8 Å². The third-order valence-corrected chi connectivity index (χ3v) is 5.82. The molecule has 2 aliphatic rings. The molecular formula is C20H32N6O5. The predicted molar refractivity (Wildman–Crippen MR) is 109 cm³/mol. The van der Waals surface area contributed by atoms with E-state index in [2.05, 4.69) is 15.6 Å². The molecule has 1 aromatic rings. The minimum absolute atomic E-state index is 0.0530. The van der Waals surface area contributed by atoms with Crippen LogP contribution in [0.2, 0.25) is 0 Å². The maximum Gasteiger partial charge on any atom is 0.248 e. The minimum atomic E-state index is -0.769. The topological polar surface area (TPSA) is 141 Å². The number of nitrogens with zero attached hydrogens (tertiary/aromatic N) is 5. The summed E-state index contributed by atoms with van der Waals surface area (Å²) in [6.45, 7) is 6.19. The number of hydrogen-bond acceptors (Lipinski definition) is 7. The molecule has 0 bridgehead atoms. The van der Waals surface area contributed by atoms with Crippen LogP contribution in [0.3, 0.4) is 0 Å². The van der Waals surface area contributed by atoms with Crippen LogP contribution in [0.15, 0.2) is 6.20 Å². The van der Waals surface area contributed by atoms with E-state index in [1.807, 2.05) is 20.8 Å². The van der Waals surface area contributed by atoms with E-state index in [-0.39, 0.29) is 50.2 Å². The SMILES string of the molecule is CNC(=O)C1CC(O)CN1C(=O)[C@@H](n1cc(CN2CC(O)CCC2=O)nn1)C(C)(C)C. The molecule has 11 heteroatoms. The maximum absolute atomic E-state index is 13.5. The van der Waals surface area contributed by atoms with Crippen molar-refractivity contribution >= 4 is 17.7 Å². The van der Waals surface area contributed by atoms with Gasteiger partial charge >= 0.3 is 0 Å². The van der Waals surface area contributed by atoms with Gasteiger partial charge in [0.25, 0.3) is 0 Å². The first-order chi connectivity index (χ1) is 14.5. The Morgan fingerprint density at radius 2 is 1.97 bits per heavy atom. The normalized spacial score (nSPS) is 25.6. The van der Waals surface area contributed by atoms with Crippen molar-refractivity contribution in [3.05, 3.63) is 11.9 Å². The molecular weight excluding hydrogens is 404 g/mol. The van der Waals surface area contributed by atoms with E-state index in [0.717, 1.165) is 0 Å².